The quantitative estimate of drug-likeness (QED) is 0.462. The maximum absolute atomic E-state index is 13.5. The molecule has 1 aliphatic rings. The Morgan fingerprint density at radius 1 is 1.27 bits per heavy atom. The summed E-state index contributed by atoms with van der Waals surface area (Å²) in [5, 5.41) is 6.34. The van der Waals surface area contributed by atoms with E-state index in [1.165, 1.54) is 31.7 Å². The van der Waals surface area contributed by atoms with Gasteiger partial charge in [0, 0.05) is 32.3 Å². The van der Waals surface area contributed by atoms with E-state index in [4.69, 9.17) is 4.74 Å². The number of nitrogens with one attached hydrogen (secondary N) is 2. The molecule has 0 heterocycles. The van der Waals surface area contributed by atoms with Gasteiger partial charge in [0.2, 0.25) is 0 Å². The Morgan fingerprint density at radius 3 is 2.77 bits per heavy atom. The molecule has 0 amide bonds. The molecule has 1 aromatic carbocycles. The Bertz CT molecular complexity index is 473. The predicted octanol–water partition coefficient (Wildman–Crippen LogP) is 2.84. The SMILES string of the molecule is CN=C(NCCCOC1CCCC1)NCc1ccccc1F. The number of ether oxygens (including phenoxy) is 1. The lowest BCUT2D eigenvalue weighted by atomic mass is 10.2. The molecule has 0 spiro atoms. The molecule has 2 rings (SSSR count). The molecule has 0 bridgehead atoms. The lowest BCUT2D eigenvalue weighted by molar-refractivity contribution is 0.0574. The normalized spacial score (nSPS) is 16.0. The minimum Gasteiger partial charge on any atom is -0.378 e. The average molecular weight is 307 g/mol. The summed E-state index contributed by atoms with van der Waals surface area (Å²) in [5.74, 6) is 0.486. The molecule has 1 fully saturated rings. The molecule has 2 N–H and O–H groups in total. The smallest absolute Gasteiger partial charge is 0.191 e. The van der Waals surface area contributed by atoms with Crippen LogP contribution in [0.4, 0.5) is 4.39 Å². The summed E-state index contributed by atoms with van der Waals surface area (Å²) < 4.78 is 19.3. The summed E-state index contributed by atoms with van der Waals surface area (Å²) in [6, 6.07) is 6.76. The van der Waals surface area contributed by atoms with Crippen LogP contribution in [0.25, 0.3) is 0 Å². The number of guanidine groups is 1. The van der Waals surface area contributed by atoms with Crippen molar-refractivity contribution in [2.45, 2.75) is 44.8 Å². The number of hydrogen-bond donors (Lipinski definition) is 2. The number of hydrogen-bond acceptors (Lipinski definition) is 2. The fourth-order valence-corrected chi connectivity index (χ4v) is 2.63. The zero-order chi connectivity index (χ0) is 15.6. The van der Waals surface area contributed by atoms with E-state index in [2.05, 4.69) is 15.6 Å². The third-order valence-electron chi connectivity index (χ3n) is 3.90. The van der Waals surface area contributed by atoms with E-state index < -0.39 is 0 Å². The summed E-state index contributed by atoms with van der Waals surface area (Å²) in [5.41, 5.74) is 0.634. The fraction of sp³-hybridized carbons (Fsp3) is 0.588. The molecule has 122 valence electrons. The van der Waals surface area contributed by atoms with Crippen LogP contribution in [0, 0.1) is 5.82 Å². The fourth-order valence-electron chi connectivity index (χ4n) is 2.63. The first-order valence-electron chi connectivity index (χ1n) is 8.09. The third kappa shape index (κ3) is 5.64. The number of rotatable bonds is 7. The minimum absolute atomic E-state index is 0.199. The van der Waals surface area contributed by atoms with Crippen LogP contribution in [0.2, 0.25) is 0 Å². The molecular weight excluding hydrogens is 281 g/mol. The van der Waals surface area contributed by atoms with Crippen LogP contribution < -0.4 is 10.6 Å². The van der Waals surface area contributed by atoms with E-state index >= 15 is 0 Å². The van der Waals surface area contributed by atoms with Crippen LogP contribution in [0.5, 0.6) is 0 Å². The Hall–Kier alpha value is -1.62. The summed E-state index contributed by atoms with van der Waals surface area (Å²) >= 11 is 0. The van der Waals surface area contributed by atoms with Gasteiger partial charge < -0.3 is 15.4 Å². The first-order chi connectivity index (χ1) is 10.8. The first-order valence-corrected chi connectivity index (χ1v) is 8.09. The third-order valence-corrected chi connectivity index (χ3v) is 3.90. The summed E-state index contributed by atoms with van der Waals surface area (Å²) in [4.78, 5) is 4.14. The second kappa shape index (κ2) is 9.41. The van der Waals surface area contributed by atoms with Crippen molar-refractivity contribution in [1.82, 2.24) is 10.6 Å². The van der Waals surface area contributed by atoms with Crippen LogP contribution in [0.15, 0.2) is 29.3 Å². The highest BCUT2D eigenvalue weighted by Crippen LogP contribution is 2.20. The zero-order valence-corrected chi connectivity index (χ0v) is 13.3. The van der Waals surface area contributed by atoms with Crippen LogP contribution in [0.1, 0.15) is 37.7 Å². The Labute approximate surface area is 132 Å². The molecule has 5 heteroatoms. The van der Waals surface area contributed by atoms with Gasteiger partial charge in [0.05, 0.1) is 6.10 Å². The summed E-state index contributed by atoms with van der Waals surface area (Å²) in [6.07, 6.45) is 6.43. The van der Waals surface area contributed by atoms with E-state index in [1.807, 2.05) is 6.07 Å². The second-order valence-electron chi connectivity index (χ2n) is 5.57. The largest absolute Gasteiger partial charge is 0.378 e. The highest BCUT2D eigenvalue weighted by Gasteiger charge is 2.14. The number of benzene rings is 1. The Morgan fingerprint density at radius 2 is 2.05 bits per heavy atom. The van der Waals surface area contributed by atoms with Gasteiger partial charge in [0.25, 0.3) is 0 Å². The van der Waals surface area contributed by atoms with Crippen molar-refractivity contribution in [1.29, 1.82) is 0 Å². The predicted molar refractivity (Wildman–Crippen MR) is 87.4 cm³/mol. The van der Waals surface area contributed by atoms with Gasteiger partial charge in [-0.2, -0.15) is 0 Å². The monoisotopic (exact) mass is 307 g/mol. The molecule has 0 atom stereocenters. The van der Waals surface area contributed by atoms with E-state index in [0.717, 1.165) is 19.6 Å². The summed E-state index contributed by atoms with van der Waals surface area (Å²) in [6.45, 7) is 2.00. The van der Waals surface area contributed by atoms with Crippen molar-refractivity contribution in [2.75, 3.05) is 20.2 Å². The minimum atomic E-state index is -0.199. The lowest BCUT2D eigenvalue weighted by Crippen LogP contribution is -2.37. The van der Waals surface area contributed by atoms with Gasteiger partial charge in [-0.1, -0.05) is 31.0 Å². The van der Waals surface area contributed by atoms with Crippen molar-refractivity contribution < 1.29 is 9.13 Å². The van der Waals surface area contributed by atoms with Gasteiger partial charge in [-0.15, -0.1) is 0 Å². The molecule has 22 heavy (non-hydrogen) atoms. The van der Waals surface area contributed by atoms with E-state index in [9.17, 15) is 4.39 Å². The molecule has 1 aliphatic carbocycles. The number of aliphatic imine (C=N–C) groups is 1. The standard InChI is InChI=1S/C17H26FN3O/c1-19-17(21-13-14-7-2-5-10-16(14)18)20-11-6-12-22-15-8-3-4-9-15/h2,5,7,10,15H,3-4,6,8-9,11-13H2,1H3,(H2,19,20,21). The Kier molecular flexibility index (Phi) is 7.16. The maximum Gasteiger partial charge on any atom is 0.191 e. The molecule has 0 radical (unpaired) electrons. The molecule has 0 saturated heterocycles. The van der Waals surface area contributed by atoms with E-state index in [-0.39, 0.29) is 5.82 Å². The summed E-state index contributed by atoms with van der Waals surface area (Å²) in [7, 11) is 1.71. The van der Waals surface area contributed by atoms with Crippen LogP contribution in [-0.2, 0) is 11.3 Å². The van der Waals surface area contributed by atoms with Crippen molar-refractivity contribution in [3.05, 3.63) is 35.6 Å². The van der Waals surface area contributed by atoms with Gasteiger partial charge in [0.15, 0.2) is 5.96 Å². The zero-order valence-electron chi connectivity index (χ0n) is 13.3. The van der Waals surface area contributed by atoms with Gasteiger partial charge in [-0.3, -0.25) is 4.99 Å². The highest BCUT2D eigenvalue weighted by molar-refractivity contribution is 5.79. The van der Waals surface area contributed by atoms with Crippen molar-refractivity contribution >= 4 is 5.96 Å². The van der Waals surface area contributed by atoms with E-state index in [1.54, 1.807) is 19.2 Å². The topological polar surface area (TPSA) is 45.7 Å². The molecule has 4 nitrogen and oxygen atoms in total. The maximum atomic E-state index is 13.5. The van der Waals surface area contributed by atoms with Gasteiger partial charge in [-0.05, 0) is 25.3 Å². The molecule has 1 aromatic rings. The van der Waals surface area contributed by atoms with Crippen LogP contribution in [0.3, 0.4) is 0 Å². The average Bonchev–Trinajstić information content (AvgIpc) is 3.05. The van der Waals surface area contributed by atoms with Gasteiger partial charge >= 0.3 is 0 Å². The van der Waals surface area contributed by atoms with Gasteiger partial charge in [-0.25, -0.2) is 4.39 Å². The highest BCUT2D eigenvalue weighted by atomic mass is 19.1. The van der Waals surface area contributed by atoms with Crippen molar-refractivity contribution in [2.24, 2.45) is 4.99 Å². The van der Waals surface area contributed by atoms with Gasteiger partial charge in [0.1, 0.15) is 5.82 Å². The van der Waals surface area contributed by atoms with Crippen molar-refractivity contribution in [3.63, 3.8) is 0 Å². The first kappa shape index (κ1) is 16.7. The lowest BCUT2D eigenvalue weighted by Gasteiger charge is -2.14. The second-order valence-corrected chi connectivity index (χ2v) is 5.57. The molecular formula is C17H26FN3O. The molecule has 1 saturated carbocycles. The molecule has 0 aromatic heterocycles. The van der Waals surface area contributed by atoms with E-state index in [0.29, 0.717) is 24.2 Å². The van der Waals surface area contributed by atoms with Crippen molar-refractivity contribution in [3.8, 4) is 0 Å². The van der Waals surface area contributed by atoms with Crippen LogP contribution >= 0.6 is 0 Å². The Balaban J connectivity index is 1.60. The number of nitrogens with zero attached hydrogens (tertiary/aromatic N) is 1. The molecule has 0 unspecified atom stereocenters. The number of halogens is 1. The molecule has 0 aliphatic heterocycles. The van der Waals surface area contributed by atoms with Crippen LogP contribution in [-0.4, -0.2) is 32.3 Å².